The van der Waals surface area contributed by atoms with Gasteiger partial charge in [-0.05, 0) is 29.8 Å². The molecule has 13 heteroatoms. The molecule has 41 heavy (non-hydrogen) atoms. The first-order chi connectivity index (χ1) is 20.0. The van der Waals surface area contributed by atoms with E-state index >= 15 is 0 Å². The number of para-hydroxylation sites is 1. The molecule has 4 aromatic rings. The molecule has 4 heterocycles. The molecule has 0 radical (unpaired) electrons. The summed E-state index contributed by atoms with van der Waals surface area (Å²) < 4.78 is 18.5. The van der Waals surface area contributed by atoms with Crippen LogP contribution in [-0.4, -0.2) is 75.3 Å². The molecule has 12 nitrogen and oxygen atoms in total. The number of rotatable bonds is 6. The lowest BCUT2D eigenvalue weighted by Gasteiger charge is -2.40. The predicted octanol–water partition coefficient (Wildman–Crippen LogP) is 3.09. The zero-order valence-electron chi connectivity index (χ0n) is 21.9. The van der Waals surface area contributed by atoms with Crippen molar-refractivity contribution in [2.45, 2.75) is 12.6 Å². The van der Waals surface area contributed by atoms with E-state index in [1.165, 1.54) is 4.90 Å². The van der Waals surface area contributed by atoms with Gasteiger partial charge in [-0.25, -0.2) is 14.8 Å². The summed E-state index contributed by atoms with van der Waals surface area (Å²) in [6.45, 7) is 1.97. The highest BCUT2D eigenvalue weighted by Crippen LogP contribution is 2.31. The third-order valence-electron chi connectivity index (χ3n) is 6.67. The molecule has 1 saturated heterocycles. The van der Waals surface area contributed by atoms with E-state index in [-0.39, 0.29) is 30.7 Å². The van der Waals surface area contributed by atoms with Gasteiger partial charge in [-0.3, -0.25) is 14.3 Å². The van der Waals surface area contributed by atoms with Crippen LogP contribution in [0.1, 0.15) is 5.56 Å². The third-order valence-corrected chi connectivity index (χ3v) is 6.86. The molecule has 2 amide bonds. The van der Waals surface area contributed by atoms with Gasteiger partial charge in [0.05, 0.1) is 0 Å². The van der Waals surface area contributed by atoms with E-state index in [1.54, 1.807) is 53.6 Å². The van der Waals surface area contributed by atoms with Gasteiger partial charge >= 0.3 is 6.09 Å². The Morgan fingerprint density at radius 2 is 1.85 bits per heavy atom. The first-order valence-corrected chi connectivity index (χ1v) is 13.4. The fraction of sp³-hybridized carbons (Fsp3) is 0.250. The summed E-state index contributed by atoms with van der Waals surface area (Å²) >= 11 is 6.33. The average Bonchev–Trinajstić information content (AvgIpc) is 3.55. The highest BCUT2D eigenvalue weighted by molar-refractivity contribution is 6.29. The van der Waals surface area contributed by atoms with Crippen LogP contribution < -0.4 is 24.4 Å². The molecule has 0 spiro atoms. The highest BCUT2D eigenvalue weighted by Gasteiger charge is 2.37. The van der Waals surface area contributed by atoms with E-state index in [4.69, 9.17) is 25.8 Å². The van der Waals surface area contributed by atoms with Crippen molar-refractivity contribution in [3.05, 3.63) is 84.0 Å². The number of halogens is 1. The standard InChI is InChI=1S/C28H26ClN7O5/c29-24-15-25(33-27(32-24)35-9-8-30-18-35)34-10-11-36(28(38)41-20-4-2-1-3-5-20)21(17-34)26(37)31-16-19-6-7-22-23(14-19)40-13-12-39-22/h1-9,14-15,18,21H,10-13,16-17H2,(H,31,37). The van der Waals surface area contributed by atoms with Crippen LogP contribution in [0.25, 0.3) is 5.95 Å². The molecule has 6 rings (SSSR count). The number of carbonyl (C=O) groups excluding carboxylic acids is 2. The summed E-state index contributed by atoms with van der Waals surface area (Å²) in [5.41, 5.74) is 0.834. The normalized spacial score (nSPS) is 16.3. The van der Waals surface area contributed by atoms with Crippen LogP contribution in [0.3, 0.4) is 0 Å². The minimum Gasteiger partial charge on any atom is -0.486 e. The Morgan fingerprint density at radius 3 is 2.66 bits per heavy atom. The van der Waals surface area contributed by atoms with Gasteiger partial charge in [0.1, 0.15) is 42.3 Å². The van der Waals surface area contributed by atoms with Crippen LogP contribution in [0, 0.1) is 0 Å². The first kappa shape index (κ1) is 26.4. The Kier molecular flexibility index (Phi) is 7.54. The minimum atomic E-state index is -0.873. The maximum atomic E-state index is 13.6. The molecule has 210 valence electrons. The fourth-order valence-corrected chi connectivity index (χ4v) is 4.81. The van der Waals surface area contributed by atoms with E-state index < -0.39 is 12.1 Å². The zero-order chi connectivity index (χ0) is 28.2. The number of ether oxygens (including phenoxy) is 3. The molecule has 1 fully saturated rings. The molecule has 1 unspecified atom stereocenters. The van der Waals surface area contributed by atoms with Gasteiger partial charge < -0.3 is 24.4 Å². The van der Waals surface area contributed by atoms with Crippen LogP contribution in [-0.2, 0) is 11.3 Å². The van der Waals surface area contributed by atoms with Crippen molar-refractivity contribution < 1.29 is 23.8 Å². The number of nitrogens with one attached hydrogen (secondary N) is 1. The lowest BCUT2D eigenvalue weighted by Crippen LogP contribution is -2.61. The van der Waals surface area contributed by atoms with Crippen molar-refractivity contribution in [1.82, 2.24) is 29.7 Å². The lowest BCUT2D eigenvalue weighted by atomic mass is 10.1. The van der Waals surface area contributed by atoms with Crippen molar-refractivity contribution in [2.75, 3.05) is 37.7 Å². The van der Waals surface area contributed by atoms with Crippen LogP contribution in [0.2, 0.25) is 5.15 Å². The van der Waals surface area contributed by atoms with Crippen LogP contribution in [0.5, 0.6) is 17.2 Å². The zero-order valence-corrected chi connectivity index (χ0v) is 22.6. The molecule has 0 saturated carbocycles. The number of hydrogen-bond acceptors (Lipinski definition) is 9. The Morgan fingerprint density at radius 1 is 1.02 bits per heavy atom. The summed E-state index contributed by atoms with van der Waals surface area (Å²) in [5, 5.41) is 3.20. The summed E-state index contributed by atoms with van der Waals surface area (Å²) in [6.07, 6.45) is 4.28. The molecule has 1 N–H and O–H groups in total. The second kappa shape index (κ2) is 11.7. The monoisotopic (exact) mass is 575 g/mol. The van der Waals surface area contributed by atoms with E-state index in [2.05, 4.69) is 20.3 Å². The van der Waals surface area contributed by atoms with E-state index in [0.717, 1.165) is 5.56 Å². The van der Waals surface area contributed by atoms with E-state index in [1.807, 2.05) is 29.2 Å². The van der Waals surface area contributed by atoms with Gasteiger partial charge in [0, 0.05) is 44.6 Å². The van der Waals surface area contributed by atoms with Gasteiger partial charge in [0.15, 0.2) is 11.5 Å². The molecular formula is C28H26ClN7O5. The van der Waals surface area contributed by atoms with Gasteiger partial charge in [-0.2, -0.15) is 4.98 Å². The second-order valence-corrected chi connectivity index (χ2v) is 9.74. The van der Waals surface area contributed by atoms with Crippen LogP contribution in [0.15, 0.2) is 73.3 Å². The highest BCUT2D eigenvalue weighted by atomic mass is 35.5. The number of carbonyl (C=O) groups is 2. The fourth-order valence-electron chi connectivity index (χ4n) is 4.64. The van der Waals surface area contributed by atoms with Crippen molar-refractivity contribution in [2.24, 2.45) is 0 Å². The van der Waals surface area contributed by atoms with Gasteiger partial charge in [0.2, 0.25) is 11.9 Å². The first-order valence-electron chi connectivity index (χ1n) is 13.0. The summed E-state index contributed by atoms with van der Waals surface area (Å²) in [6, 6.07) is 15.0. The van der Waals surface area contributed by atoms with Crippen LogP contribution in [0.4, 0.5) is 10.6 Å². The molecule has 0 bridgehead atoms. The number of nitrogens with zero attached hydrogens (tertiary/aromatic N) is 6. The van der Waals surface area contributed by atoms with E-state index in [9.17, 15) is 9.59 Å². The lowest BCUT2D eigenvalue weighted by molar-refractivity contribution is -0.126. The van der Waals surface area contributed by atoms with Crippen molar-refractivity contribution in [1.29, 1.82) is 0 Å². The predicted molar refractivity (Wildman–Crippen MR) is 149 cm³/mol. The minimum absolute atomic E-state index is 0.160. The number of piperazine rings is 1. The molecule has 1 atom stereocenters. The molecule has 2 aromatic heterocycles. The van der Waals surface area contributed by atoms with Crippen molar-refractivity contribution in [3.63, 3.8) is 0 Å². The molecule has 2 aliphatic rings. The Hall–Kier alpha value is -4.84. The number of anilines is 1. The van der Waals surface area contributed by atoms with Gasteiger partial charge in [-0.15, -0.1) is 0 Å². The summed E-state index contributed by atoms with van der Waals surface area (Å²) in [7, 11) is 0. The molecule has 2 aliphatic heterocycles. The smallest absolute Gasteiger partial charge is 0.416 e. The molecule has 2 aromatic carbocycles. The largest absolute Gasteiger partial charge is 0.486 e. The Balaban J connectivity index is 1.22. The number of benzene rings is 2. The maximum Gasteiger partial charge on any atom is 0.416 e. The van der Waals surface area contributed by atoms with Crippen LogP contribution >= 0.6 is 11.6 Å². The van der Waals surface area contributed by atoms with Gasteiger partial charge in [-0.1, -0.05) is 35.9 Å². The molecular weight excluding hydrogens is 550 g/mol. The SMILES string of the molecule is O=C(NCc1ccc2c(c1)OCCO2)C1CN(c2cc(Cl)nc(-n3ccnc3)n2)CCN1C(=O)Oc1ccccc1. The van der Waals surface area contributed by atoms with Crippen molar-refractivity contribution >= 4 is 29.4 Å². The maximum absolute atomic E-state index is 13.6. The number of imidazole rings is 1. The topological polar surface area (TPSA) is 124 Å². The third kappa shape index (κ3) is 6.02. The van der Waals surface area contributed by atoms with E-state index in [0.29, 0.717) is 48.8 Å². The summed E-state index contributed by atoms with van der Waals surface area (Å²) in [4.78, 5) is 43.1. The molecule has 0 aliphatic carbocycles. The Labute approximate surface area is 240 Å². The quantitative estimate of drug-likeness (QED) is 0.345. The average molecular weight is 576 g/mol. The summed E-state index contributed by atoms with van der Waals surface area (Å²) in [5.74, 6) is 2.22. The second-order valence-electron chi connectivity index (χ2n) is 9.35. The Bertz CT molecular complexity index is 1540. The van der Waals surface area contributed by atoms with Crippen molar-refractivity contribution in [3.8, 4) is 23.2 Å². The number of hydrogen-bond donors (Lipinski definition) is 1. The number of amides is 2. The van der Waals surface area contributed by atoms with Gasteiger partial charge in [0.25, 0.3) is 0 Å². The number of fused-ring (bicyclic) bond motifs is 1. The number of aromatic nitrogens is 4.